The van der Waals surface area contributed by atoms with Crippen LogP contribution in [0.5, 0.6) is 0 Å². The predicted octanol–water partition coefficient (Wildman–Crippen LogP) is 2.18. The summed E-state index contributed by atoms with van der Waals surface area (Å²) >= 11 is 0. The van der Waals surface area contributed by atoms with Crippen molar-refractivity contribution < 1.29 is 24.8 Å². The number of ether oxygens (including phenoxy) is 2. The highest BCUT2D eigenvalue weighted by atomic mass is 16.6. The second-order valence-corrected chi connectivity index (χ2v) is 6.26. The van der Waals surface area contributed by atoms with Gasteiger partial charge in [0.1, 0.15) is 24.4 Å². The van der Waals surface area contributed by atoms with Crippen molar-refractivity contribution in [2.45, 2.75) is 82.7 Å². The van der Waals surface area contributed by atoms with Gasteiger partial charge >= 0.3 is 0 Å². The van der Waals surface area contributed by atoms with E-state index in [1.54, 1.807) is 0 Å². The molecule has 1 aliphatic heterocycles. The summed E-state index contributed by atoms with van der Waals surface area (Å²) in [5.41, 5.74) is 0. The Morgan fingerprint density at radius 1 is 1.09 bits per heavy atom. The Bertz CT molecular complexity index is 308. The second kappa shape index (κ2) is 12.9. The van der Waals surface area contributed by atoms with Crippen molar-refractivity contribution in [3.63, 3.8) is 0 Å². The molecule has 3 N–H and O–H groups in total. The van der Waals surface area contributed by atoms with Gasteiger partial charge in [0.15, 0.2) is 0 Å². The lowest BCUT2D eigenvalue weighted by atomic mass is 10.1. The molecular formula is C18H34O5. The van der Waals surface area contributed by atoms with Crippen LogP contribution in [-0.4, -0.2) is 59.6 Å². The number of aliphatic hydroxyl groups excluding tert-OH is 3. The van der Waals surface area contributed by atoms with Gasteiger partial charge in [0.2, 0.25) is 0 Å². The standard InChI is InChI=1S/C18H34O5/c1-2-3-4-5-6-7-8-9-10-11-12-22-16(13-19)18-17(21)15(20)14-23-18/h4-5,15-21H,2-3,6-14H2,1H3/b5-4+/t15-,16+,17-,18-/m1/s1. The summed E-state index contributed by atoms with van der Waals surface area (Å²) in [6.07, 6.45) is 10.7. The Balaban J connectivity index is 1.99. The second-order valence-electron chi connectivity index (χ2n) is 6.26. The van der Waals surface area contributed by atoms with Gasteiger partial charge in [-0.05, 0) is 25.7 Å². The summed E-state index contributed by atoms with van der Waals surface area (Å²) in [5, 5.41) is 28.6. The molecule has 0 unspecified atom stereocenters. The lowest BCUT2D eigenvalue weighted by Gasteiger charge is -2.24. The minimum atomic E-state index is -0.979. The Morgan fingerprint density at radius 2 is 1.78 bits per heavy atom. The van der Waals surface area contributed by atoms with Crippen LogP contribution in [0, 0.1) is 0 Å². The summed E-state index contributed by atoms with van der Waals surface area (Å²) in [6, 6.07) is 0. The SMILES string of the molecule is CCC/C=C/CCCCCCCO[C@@H](CO)[C@H]1OC[C@@H](O)[C@H]1O. The van der Waals surface area contributed by atoms with Gasteiger partial charge in [-0.3, -0.25) is 0 Å². The summed E-state index contributed by atoms with van der Waals surface area (Å²) in [5.74, 6) is 0. The van der Waals surface area contributed by atoms with E-state index < -0.39 is 24.4 Å². The average Bonchev–Trinajstić information content (AvgIpc) is 2.88. The fourth-order valence-electron chi connectivity index (χ4n) is 2.74. The summed E-state index contributed by atoms with van der Waals surface area (Å²) in [7, 11) is 0. The van der Waals surface area contributed by atoms with Crippen molar-refractivity contribution in [2.75, 3.05) is 19.8 Å². The van der Waals surface area contributed by atoms with E-state index in [1.165, 1.54) is 38.5 Å². The zero-order valence-electron chi connectivity index (χ0n) is 14.4. The van der Waals surface area contributed by atoms with E-state index in [2.05, 4.69) is 19.1 Å². The van der Waals surface area contributed by atoms with E-state index in [0.29, 0.717) is 6.61 Å². The third kappa shape index (κ3) is 8.27. The molecule has 23 heavy (non-hydrogen) atoms. The van der Waals surface area contributed by atoms with Gasteiger partial charge in [-0.2, -0.15) is 0 Å². The first kappa shape index (κ1) is 20.6. The molecule has 136 valence electrons. The molecule has 0 saturated carbocycles. The molecule has 1 aliphatic rings. The van der Waals surface area contributed by atoms with E-state index in [4.69, 9.17) is 9.47 Å². The first-order chi connectivity index (χ1) is 11.2. The minimum absolute atomic E-state index is 0.0956. The number of rotatable bonds is 13. The molecule has 0 amide bonds. The van der Waals surface area contributed by atoms with Crippen LogP contribution in [0.1, 0.15) is 58.3 Å². The first-order valence-electron chi connectivity index (χ1n) is 9.05. The third-order valence-corrected chi connectivity index (χ3v) is 4.21. The van der Waals surface area contributed by atoms with Crippen LogP contribution in [0.3, 0.4) is 0 Å². The van der Waals surface area contributed by atoms with E-state index in [1.807, 2.05) is 0 Å². The molecule has 4 atom stereocenters. The molecule has 5 nitrogen and oxygen atoms in total. The molecule has 0 spiro atoms. The van der Waals surface area contributed by atoms with Crippen molar-refractivity contribution in [1.29, 1.82) is 0 Å². The Kier molecular flexibility index (Phi) is 11.5. The molecule has 0 aromatic rings. The summed E-state index contributed by atoms with van der Waals surface area (Å²) in [6.45, 7) is 2.62. The quantitative estimate of drug-likeness (QED) is 0.356. The topological polar surface area (TPSA) is 79.2 Å². The maximum absolute atomic E-state index is 9.76. The highest BCUT2D eigenvalue weighted by Crippen LogP contribution is 2.19. The number of aliphatic hydroxyl groups is 3. The van der Waals surface area contributed by atoms with Crippen molar-refractivity contribution in [2.24, 2.45) is 0 Å². The monoisotopic (exact) mass is 330 g/mol. The van der Waals surface area contributed by atoms with E-state index in [0.717, 1.165) is 12.8 Å². The van der Waals surface area contributed by atoms with Crippen LogP contribution in [0.4, 0.5) is 0 Å². The molecular weight excluding hydrogens is 296 g/mol. The van der Waals surface area contributed by atoms with Crippen LogP contribution in [0.25, 0.3) is 0 Å². The lowest BCUT2D eigenvalue weighted by Crippen LogP contribution is -2.42. The molecule has 1 rings (SSSR count). The molecule has 1 saturated heterocycles. The van der Waals surface area contributed by atoms with E-state index in [-0.39, 0.29) is 13.2 Å². The van der Waals surface area contributed by atoms with Gasteiger partial charge in [0.25, 0.3) is 0 Å². The number of hydrogen-bond donors (Lipinski definition) is 3. The maximum Gasteiger partial charge on any atom is 0.114 e. The lowest BCUT2D eigenvalue weighted by molar-refractivity contribution is -0.101. The fourth-order valence-corrected chi connectivity index (χ4v) is 2.74. The largest absolute Gasteiger partial charge is 0.394 e. The van der Waals surface area contributed by atoms with E-state index >= 15 is 0 Å². The minimum Gasteiger partial charge on any atom is -0.394 e. The Morgan fingerprint density at radius 3 is 2.43 bits per heavy atom. The average molecular weight is 330 g/mol. The molecule has 0 aromatic carbocycles. The van der Waals surface area contributed by atoms with E-state index in [9.17, 15) is 15.3 Å². The molecule has 0 bridgehead atoms. The Hall–Kier alpha value is -0.460. The van der Waals surface area contributed by atoms with Crippen LogP contribution < -0.4 is 0 Å². The van der Waals surface area contributed by atoms with Gasteiger partial charge in [-0.15, -0.1) is 0 Å². The molecule has 0 aliphatic carbocycles. The van der Waals surface area contributed by atoms with Gasteiger partial charge < -0.3 is 24.8 Å². The zero-order valence-corrected chi connectivity index (χ0v) is 14.4. The molecule has 0 aromatic heterocycles. The number of unbranched alkanes of at least 4 members (excludes halogenated alkanes) is 6. The highest BCUT2D eigenvalue weighted by molar-refractivity contribution is 4.88. The third-order valence-electron chi connectivity index (χ3n) is 4.21. The molecule has 5 heteroatoms. The molecule has 1 heterocycles. The van der Waals surface area contributed by atoms with Crippen molar-refractivity contribution in [1.82, 2.24) is 0 Å². The van der Waals surface area contributed by atoms with Gasteiger partial charge in [-0.1, -0.05) is 44.8 Å². The number of allylic oxidation sites excluding steroid dienone is 2. The predicted molar refractivity (Wildman–Crippen MR) is 90.3 cm³/mol. The number of hydrogen-bond acceptors (Lipinski definition) is 5. The molecule has 1 fully saturated rings. The molecule has 0 radical (unpaired) electrons. The van der Waals surface area contributed by atoms with Crippen LogP contribution in [0.2, 0.25) is 0 Å². The van der Waals surface area contributed by atoms with Gasteiger partial charge in [0, 0.05) is 6.61 Å². The smallest absolute Gasteiger partial charge is 0.114 e. The van der Waals surface area contributed by atoms with Crippen LogP contribution >= 0.6 is 0 Å². The maximum atomic E-state index is 9.76. The highest BCUT2D eigenvalue weighted by Gasteiger charge is 2.40. The summed E-state index contributed by atoms with van der Waals surface area (Å²) in [4.78, 5) is 0. The fraction of sp³-hybridized carbons (Fsp3) is 0.889. The summed E-state index contributed by atoms with van der Waals surface area (Å²) < 4.78 is 10.9. The Labute approximate surface area is 140 Å². The van der Waals surface area contributed by atoms with Crippen molar-refractivity contribution in [3.05, 3.63) is 12.2 Å². The van der Waals surface area contributed by atoms with Gasteiger partial charge in [0.05, 0.1) is 13.2 Å². The zero-order chi connectivity index (χ0) is 16.9. The van der Waals surface area contributed by atoms with Crippen molar-refractivity contribution in [3.8, 4) is 0 Å². The van der Waals surface area contributed by atoms with Gasteiger partial charge in [-0.25, -0.2) is 0 Å². The van der Waals surface area contributed by atoms with Crippen LogP contribution in [-0.2, 0) is 9.47 Å². The first-order valence-corrected chi connectivity index (χ1v) is 9.05. The normalized spacial score (nSPS) is 26.2. The van der Waals surface area contributed by atoms with Crippen LogP contribution in [0.15, 0.2) is 12.2 Å². The van der Waals surface area contributed by atoms with Crippen molar-refractivity contribution >= 4 is 0 Å².